The molecule has 0 bridgehead atoms. The second-order valence-electron chi connectivity index (χ2n) is 5.45. The number of halogens is 3. The number of benzene rings is 2. The lowest BCUT2D eigenvalue weighted by molar-refractivity contribution is -0.122. The fraction of sp³-hybridized carbons (Fsp3) is 0.0556. The zero-order valence-corrected chi connectivity index (χ0v) is 16.8. The Morgan fingerprint density at radius 3 is 2.22 bits per heavy atom. The van der Waals surface area contributed by atoms with Crippen LogP contribution < -0.4 is 15.0 Å². The van der Waals surface area contributed by atoms with E-state index in [1.807, 2.05) is 0 Å². The summed E-state index contributed by atoms with van der Waals surface area (Å²) in [7, 11) is 1.44. The summed E-state index contributed by atoms with van der Waals surface area (Å²) in [5.74, 6) is -0.878. The fourth-order valence-electron chi connectivity index (χ4n) is 2.51. The van der Waals surface area contributed by atoms with Crippen LogP contribution in [-0.2, 0) is 9.59 Å². The molecule has 0 unspecified atom stereocenters. The van der Waals surface area contributed by atoms with E-state index >= 15 is 0 Å². The number of carbonyl (C=O) groups is 2. The molecule has 0 aromatic heterocycles. The third kappa shape index (κ3) is 3.94. The van der Waals surface area contributed by atoms with Gasteiger partial charge in [0.25, 0.3) is 11.8 Å². The summed E-state index contributed by atoms with van der Waals surface area (Å²) in [6, 6.07) is 9.58. The van der Waals surface area contributed by atoms with Gasteiger partial charge in [0.2, 0.25) is 0 Å². The Kier molecular flexibility index (Phi) is 5.72. The smallest absolute Gasteiger partial charge is 0.270 e. The van der Waals surface area contributed by atoms with Crippen molar-refractivity contribution in [3.63, 3.8) is 0 Å². The van der Waals surface area contributed by atoms with E-state index in [0.29, 0.717) is 22.0 Å². The van der Waals surface area contributed by atoms with Gasteiger partial charge in [-0.3, -0.25) is 19.8 Å². The summed E-state index contributed by atoms with van der Waals surface area (Å²) in [5.41, 5.74) is 0.829. The third-order valence-corrected chi connectivity index (χ3v) is 4.82. The van der Waals surface area contributed by atoms with Crippen LogP contribution in [0.15, 0.2) is 42.0 Å². The van der Waals surface area contributed by atoms with Gasteiger partial charge in [0.1, 0.15) is 5.57 Å². The molecule has 1 heterocycles. The molecular formula is C18H11Cl3N2O3S. The maximum absolute atomic E-state index is 12.9. The topological polar surface area (TPSA) is 58.6 Å². The van der Waals surface area contributed by atoms with Crippen molar-refractivity contribution < 1.29 is 14.3 Å². The molecular weight excluding hydrogens is 431 g/mol. The van der Waals surface area contributed by atoms with Gasteiger partial charge < -0.3 is 4.74 Å². The van der Waals surface area contributed by atoms with Crippen molar-refractivity contribution in [1.29, 1.82) is 0 Å². The van der Waals surface area contributed by atoms with Crippen molar-refractivity contribution in [2.75, 3.05) is 12.0 Å². The number of thiocarbonyl (C=S) groups is 1. The molecule has 5 nitrogen and oxygen atoms in total. The number of hydrogen-bond acceptors (Lipinski definition) is 4. The highest BCUT2D eigenvalue weighted by atomic mass is 35.5. The van der Waals surface area contributed by atoms with Crippen molar-refractivity contribution in [2.24, 2.45) is 0 Å². The predicted octanol–water partition coefficient (Wildman–Crippen LogP) is 4.49. The van der Waals surface area contributed by atoms with E-state index in [9.17, 15) is 9.59 Å². The maximum atomic E-state index is 12.9. The van der Waals surface area contributed by atoms with Crippen molar-refractivity contribution >= 4 is 75.7 Å². The molecule has 3 rings (SSSR count). The average molecular weight is 442 g/mol. The zero-order chi connectivity index (χ0) is 19.7. The van der Waals surface area contributed by atoms with Crippen LogP contribution >= 0.6 is 47.0 Å². The molecule has 1 N–H and O–H groups in total. The first-order valence-corrected chi connectivity index (χ1v) is 9.06. The average Bonchev–Trinajstić information content (AvgIpc) is 2.60. The number of carbonyl (C=O) groups excluding carboxylic acids is 2. The predicted molar refractivity (Wildman–Crippen MR) is 111 cm³/mol. The highest BCUT2D eigenvalue weighted by Gasteiger charge is 2.34. The number of ether oxygens (including phenoxy) is 1. The van der Waals surface area contributed by atoms with Gasteiger partial charge in [-0.2, -0.15) is 0 Å². The van der Waals surface area contributed by atoms with Gasteiger partial charge in [-0.05, 0) is 60.3 Å². The van der Waals surface area contributed by atoms with Crippen molar-refractivity contribution in [2.45, 2.75) is 0 Å². The maximum Gasteiger partial charge on any atom is 0.270 e. The van der Waals surface area contributed by atoms with Gasteiger partial charge in [0.15, 0.2) is 10.9 Å². The second kappa shape index (κ2) is 7.86. The van der Waals surface area contributed by atoms with Crippen molar-refractivity contribution in [3.05, 3.63) is 62.6 Å². The van der Waals surface area contributed by atoms with E-state index < -0.39 is 11.8 Å². The van der Waals surface area contributed by atoms with Crippen LogP contribution in [0, 0.1) is 0 Å². The van der Waals surface area contributed by atoms with Crippen LogP contribution in [0.25, 0.3) is 6.08 Å². The largest absolute Gasteiger partial charge is 0.494 e. The van der Waals surface area contributed by atoms with Gasteiger partial charge in [-0.25, -0.2) is 0 Å². The highest BCUT2D eigenvalue weighted by molar-refractivity contribution is 7.80. The Morgan fingerprint density at radius 2 is 1.67 bits per heavy atom. The molecule has 2 aromatic rings. The number of methoxy groups -OCH3 is 1. The summed E-state index contributed by atoms with van der Waals surface area (Å²) in [6.07, 6.45) is 1.39. The van der Waals surface area contributed by atoms with Gasteiger partial charge in [0.05, 0.1) is 22.8 Å². The minimum Gasteiger partial charge on any atom is -0.494 e. The first-order chi connectivity index (χ1) is 12.8. The van der Waals surface area contributed by atoms with E-state index in [1.54, 1.807) is 36.4 Å². The molecule has 138 valence electrons. The summed E-state index contributed by atoms with van der Waals surface area (Å²) in [5, 5.41) is 3.50. The van der Waals surface area contributed by atoms with E-state index in [4.69, 9.17) is 51.8 Å². The molecule has 0 atom stereocenters. The Bertz CT molecular complexity index is 967. The SMILES string of the molecule is COc1c(Cl)cc(/C=C2\C(=O)NC(=S)N(c3ccc(Cl)cc3)C2=O)cc1Cl. The van der Waals surface area contributed by atoms with Crippen molar-refractivity contribution in [1.82, 2.24) is 5.32 Å². The van der Waals surface area contributed by atoms with Crippen LogP contribution in [0.5, 0.6) is 5.75 Å². The fourth-order valence-corrected chi connectivity index (χ4v) is 3.57. The minimum absolute atomic E-state index is 0.0183. The Balaban J connectivity index is 2.03. The number of amides is 2. The number of anilines is 1. The Labute approximate surface area is 175 Å². The molecule has 0 aliphatic carbocycles. The summed E-state index contributed by atoms with van der Waals surface area (Å²) in [4.78, 5) is 26.4. The summed E-state index contributed by atoms with van der Waals surface area (Å²) in [6.45, 7) is 0. The standard InChI is InChI=1S/C18H11Cl3N2O3S/c1-26-15-13(20)7-9(8-14(15)21)6-12-16(24)22-18(27)23(17(12)25)11-4-2-10(19)3-5-11/h2-8H,1H3,(H,22,24,27)/b12-6+. The number of rotatable bonds is 3. The van der Waals surface area contributed by atoms with Crippen LogP contribution in [0.2, 0.25) is 15.1 Å². The van der Waals surface area contributed by atoms with E-state index in [0.717, 1.165) is 0 Å². The first-order valence-electron chi connectivity index (χ1n) is 7.52. The van der Waals surface area contributed by atoms with E-state index in [-0.39, 0.29) is 20.7 Å². The lowest BCUT2D eigenvalue weighted by Crippen LogP contribution is -2.54. The van der Waals surface area contributed by atoms with Crippen LogP contribution in [0.4, 0.5) is 5.69 Å². The molecule has 1 aliphatic heterocycles. The summed E-state index contributed by atoms with van der Waals surface area (Å²) < 4.78 is 5.09. The zero-order valence-electron chi connectivity index (χ0n) is 13.8. The number of nitrogens with one attached hydrogen (secondary N) is 1. The minimum atomic E-state index is -0.613. The van der Waals surface area contributed by atoms with E-state index in [2.05, 4.69) is 5.32 Å². The molecule has 1 saturated heterocycles. The van der Waals surface area contributed by atoms with Crippen LogP contribution in [0.3, 0.4) is 0 Å². The molecule has 27 heavy (non-hydrogen) atoms. The normalized spacial score (nSPS) is 15.9. The lowest BCUT2D eigenvalue weighted by atomic mass is 10.1. The Morgan fingerprint density at radius 1 is 1.07 bits per heavy atom. The highest BCUT2D eigenvalue weighted by Crippen LogP contribution is 2.34. The second-order valence-corrected chi connectivity index (χ2v) is 7.09. The van der Waals surface area contributed by atoms with Gasteiger partial charge in [-0.1, -0.05) is 34.8 Å². The monoisotopic (exact) mass is 440 g/mol. The quantitative estimate of drug-likeness (QED) is 0.433. The first kappa shape index (κ1) is 19.6. The molecule has 9 heteroatoms. The lowest BCUT2D eigenvalue weighted by Gasteiger charge is -2.29. The van der Waals surface area contributed by atoms with Crippen LogP contribution in [0.1, 0.15) is 5.56 Å². The molecule has 1 aliphatic rings. The molecule has 0 saturated carbocycles. The van der Waals surface area contributed by atoms with Gasteiger partial charge in [-0.15, -0.1) is 0 Å². The molecule has 2 aromatic carbocycles. The van der Waals surface area contributed by atoms with Crippen LogP contribution in [-0.4, -0.2) is 24.0 Å². The summed E-state index contributed by atoms with van der Waals surface area (Å²) >= 11 is 23.3. The molecule has 0 radical (unpaired) electrons. The van der Waals surface area contributed by atoms with Crippen molar-refractivity contribution in [3.8, 4) is 5.75 Å². The molecule has 1 fully saturated rings. The number of hydrogen-bond donors (Lipinski definition) is 1. The van der Waals surface area contributed by atoms with Gasteiger partial charge >= 0.3 is 0 Å². The number of nitrogens with zero attached hydrogens (tertiary/aromatic N) is 1. The molecule has 0 spiro atoms. The Hall–Kier alpha value is -2.12. The third-order valence-electron chi connectivity index (χ3n) is 3.72. The van der Waals surface area contributed by atoms with Gasteiger partial charge in [0, 0.05) is 5.02 Å². The van der Waals surface area contributed by atoms with E-state index in [1.165, 1.54) is 18.1 Å². The molecule has 2 amide bonds.